The van der Waals surface area contributed by atoms with E-state index < -0.39 is 23.0 Å². The van der Waals surface area contributed by atoms with Crippen LogP contribution in [-0.4, -0.2) is 32.9 Å². The van der Waals surface area contributed by atoms with Crippen LogP contribution in [0.1, 0.15) is 34.1 Å². The minimum atomic E-state index is -1.71. The highest BCUT2D eigenvalue weighted by Gasteiger charge is 2.31. The van der Waals surface area contributed by atoms with Crippen molar-refractivity contribution in [3.05, 3.63) is 0 Å². The van der Waals surface area contributed by atoms with Gasteiger partial charge in [0, 0.05) is 6.54 Å². The normalized spacial score (nSPS) is 27.6. The van der Waals surface area contributed by atoms with Crippen molar-refractivity contribution < 1.29 is 17.9 Å². The molecule has 2 atom stereocenters. The van der Waals surface area contributed by atoms with Crippen LogP contribution >= 0.6 is 0 Å². The summed E-state index contributed by atoms with van der Waals surface area (Å²) in [5, 5.41) is 0. The van der Waals surface area contributed by atoms with E-state index in [1.165, 1.54) is 0 Å². The lowest BCUT2D eigenvalue weighted by Crippen LogP contribution is -2.43. The van der Waals surface area contributed by atoms with Crippen LogP contribution in [0.5, 0.6) is 0 Å². The van der Waals surface area contributed by atoms with Gasteiger partial charge in [0.25, 0.3) is 11.3 Å². The van der Waals surface area contributed by atoms with Crippen LogP contribution in [0.2, 0.25) is 0 Å². The van der Waals surface area contributed by atoms with Gasteiger partial charge in [0.15, 0.2) is 0 Å². The first kappa shape index (κ1) is 12.4. The van der Waals surface area contributed by atoms with Crippen LogP contribution in [0.25, 0.3) is 0 Å². The summed E-state index contributed by atoms with van der Waals surface area (Å²) in [4.78, 5) is 11.6. The number of amides is 1. The van der Waals surface area contributed by atoms with Crippen molar-refractivity contribution in [3.63, 3.8) is 0 Å². The fourth-order valence-corrected chi connectivity index (χ4v) is 1.97. The summed E-state index contributed by atoms with van der Waals surface area (Å²) in [5.74, 6) is 0. The topological polar surface area (TPSA) is 55.8 Å². The zero-order valence-corrected chi connectivity index (χ0v) is 10.3. The van der Waals surface area contributed by atoms with E-state index in [1.807, 2.05) is 6.92 Å². The fraction of sp³-hybridized carbons (Fsp3) is 0.889. The van der Waals surface area contributed by atoms with E-state index in [9.17, 15) is 9.00 Å². The van der Waals surface area contributed by atoms with Crippen molar-refractivity contribution >= 4 is 17.4 Å². The van der Waals surface area contributed by atoms with E-state index in [2.05, 4.69) is 0 Å². The van der Waals surface area contributed by atoms with Gasteiger partial charge in [-0.3, -0.25) is 4.18 Å². The largest absolute Gasteiger partial charge is 0.443 e. The Morgan fingerprint density at radius 2 is 2.13 bits per heavy atom. The number of hydrogen-bond donors (Lipinski definition) is 0. The molecule has 0 aromatic carbocycles. The van der Waals surface area contributed by atoms with Crippen LogP contribution in [0.15, 0.2) is 0 Å². The van der Waals surface area contributed by atoms with Crippen LogP contribution in [-0.2, 0) is 20.2 Å². The molecule has 0 aromatic rings. The highest BCUT2D eigenvalue weighted by atomic mass is 32.2. The lowest BCUT2D eigenvalue weighted by molar-refractivity contribution is 0.0328. The molecular formula is C9H17NO4S. The third-order valence-corrected chi connectivity index (χ3v) is 2.95. The molecule has 0 saturated carbocycles. The molecule has 1 unspecified atom stereocenters. The third-order valence-electron chi connectivity index (χ3n) is 1.76. The molecule has 0 aliphatic carbocycles. The van der Waals surface area contributed by atoms with Gasteiger partial charge >= 0.3 is 6.09 Å². The lowest BCUT2D eigenvalue weighted by Gasteiger charge is -2.30. The first-order valence-electron chi connectivity index (χ1n) is 4.89. The van der Waals surface area contributed by atoms with Gasteiger partial charge in [0.05, 0.1) is 6.10 Å². The van der Waals surface area contributed by atoms with E-state index >= 15 is 0 Å². The van der Waals surface area contributed by atoms with Gasteiger partial charge < -0.3 is 4.74 Å². The van der Waals surface area contributed by atoms with Gasteiger partial charge in [-0.1, -0.05) is 0 Å². The predicted molar refractivity (Wildman–Crippen MR) is 56.2 cm³/mol. The number of carbonyl (C=O) groups is 1. The van der Waals surface area contributed by atoms with Crippen molar-refractivity contribution in [1.29, 1.82) is 0 Å². The summed E-state index contributed by atoms with van der Waals surface area (Å²) in [6, 6.07) is 0. The maximum atomic E-state index is 11.6. The molecule has 1 aliphatic heterocycles. The van der Waals surface area contributed by atoms with Gasteiger partial charge in [-0.05, 0) is 34.1 Å². The summed E-state index contributed by atoms with van der Waals surface area (Å²) in [5.41, 5.74) is -0.579. The number of carbonyl (C=O) groups excluding carboxylic acids is 1. The molecule has 88 valence electrons. The highest BCUT2D eigenvalue weighted by molar-refractivity contribution is 7.78. The summed E-state index contributed by atoms with van der Waals surface area (Å²) in [7, 11) is 0. The first-order chi connectivity index (χ1) is 6.79. The van der Waals surface area contributed by atoms with Gasteiger partial charge in [-0.15, -0.1) is 0 Å². The van der Waals surface area contributed by atoms with Gasteiger partial charge in [-0.2, -0.15) is 0 Å². The molecule has 1 saturated heterocycles. The molecule has 0 aromatic heterocycles. The highest BCUT2D eigenvalue weighted by Crippen LogP contribution is 2.17. The maximum Gasteiger partial charge on any atom is 0.424 e. The molecule has 0 N–H and O–H groups in total. The van der Waals surface area contributed by atoms with E-state index in [0.29, 0.717) is 13.0 Å². The molecule has 1 fully saturated rings. The molecule has 0 spiro atoms. The van der Waals surface area contributed by atoms with Crippen molar-refractivity contribution in [2.75, 3.05) is 6.54 Å². The number of rotatable bonds is 0. The molecule has 0 bridgehead atoms. The molecular weight excluding hydrogens is 218 g/mol. The van der Waals surface area contributed by atoms with Crippen LogP contribution in [0.4, 0.5) is 4.79 Å². The van der Waals surface area contributed by atoms with Crippen LogP contribution in [0, 0.1) is 0 Å². The van der Waals surface area contributed by atoms with Crippen LogP contribution in [0.3, 0.4) is 0 Å². The van der Waals surface area contributed by atoms with E-state index in [-0.39, 0.29) is 6.10 Å². The Bertz CT molecular complexity index is 274. The maximum absolute atomic E-state index is 11.6. The third kappa shape index (κ3) is 3.79. The molecule has 1 heterocycles. The lowest BCUT2D eigenvalue weighted by atomic mass is 10.2. The minimum absolute atomic E-state index is 0.0791. The Balaban J connectivity index is 2.57. The summed E-state index contributed by atoms with van der Waals surface area (Å²) >= 11 is -1.71. The molecule has 1 aliphatic rings. The number of nitrogens with zero attached hydrogens (tertiary/aromatic N) is 1. The zero-order chi connectivity index (χ0) is 11.6. The Kier molecular flexibility index (Phi) is 3.72. The molecule has 1 amide bonds. The van der Waals surface area contributed by atoms with E-state index in [1.54, 1.807) is 20.8 Å². The Morgan fingerprint density at radius 3 is 2.60 bits per heavy atom. The summed E-state index contributed by atoms with van der Waals surface area (Å²) in [6.45, 7) is 7.52. The Labute approximate surface area is 92.5 Å². The van der Waals surface area contributed by atoms with Gasteiger partial charge in [0.2, 0.25) is 0 Å². The van der Waals surface area contributed by atoms with E-state index in [4.69, 9.17) is 8.92 Å². The van der Waals surface area contributed by atoms with Crippen molar-refractivity contribution in [2.45, 2.75) is 45.8 Å². The van der Waals surface area contributed by atoms with Gasteiger partial charge in [0.1, 0.15) is 5.60 Å². The summed E-state index contributed by atoms with van der Waals surface area (Å²) < 4.78 is 22.7. The fourth-order valence-electron chi connectivity index (χ4n) is 1.08. The Morgan fingerprint density at radius 1 is 1.53 bits per heavy atom. The van der Waals surface area contributed by atoms with Crippen molar-refractivity contribution in [3.8, 4) is 0 Å². The quantitative estimate of drug-likeness (QED) is 0.640. The smallest absolute Gasteiger partial charge is 0.424 e. The first-order valence-corrected chi connectivity index (χ1v) is 5.92. The SMILES string of the molecule is C[C@H]1CCN(C(=O)OC(C)(C)C)S(=O)O1. The monoisotopic (exact) mass is 235 g/mol. The second kappa shape index (κ2) is 4.49. The second-order valence-corrected chi connectivity index (χ2v) is 5.56. The average molecular weight is 235 g/mol. The molecule has 6 heteroatoms. The van der Waals surface area contributed by atoms with Crippen molar-refractivity contribution in [1.82, 2.24) is 4.31 Å². The standard InChI is InChI=1S/C9H17NO4S/c1-7-5-6-10(15(12)14-7)8(11)13-9(2,3)4/h7H,5-6H2,1-4H3/t7-,15?/m0/s1. The molecule has 1 rings (SSSR count). The van der Waals surface area contributed by atoms with E-state index in [0.717, 1.165) is 4.31 Å². The second-order valence-electron chi connectivity index (χ2n) is 4.50. The number of ether oxygens (including phenoxy) is 1. The number of hydrogen-bond acceptors (Lipinski definition) is 4. The van der Waals surface area contributed by atoms with Gasteiger partial charge in [-0.25, -0.2) is 13.3 Å². The molecule has 5 nitrogen and oxygen atoms in total. The minimum Gasteiger partial charge on any atom is -0.443 e. The average Bonchev–Trinajstić information content (AvgIpc) is 1.99. The molecule has 0 radical (unpaired) electrons. The summed E-state index contributed by atoms with van der Waals surface area (Å²) in [6.07, 6.45) is 0.00240. The molecule has 15 heavy (non-hydrogen) atoms. The zero-order valence-electron chi connectivity index (χ0n) is 9.48. The van der Waals surface area contributed by atoms with Crippen LogP contribution < -0.4 is 0 Å². The van der Waals surface area contributed by atoms with Crippen molar-refractivity contribution in [2.24, 2.45) is 0 Å². The predicted octanol–water partition coefficient (Wildman–Crippen LogP) is 1.61. The Hall–Kier alpha value is -0.620.